The molecule has 1 aliphatic heterocycles. The van der Waals surface area contributed by atoms with Gasteiger partial charge in [-0.2, -0.15) is 0 Å². The van der Waals surface area contributed by atoms with Crippen LogP contribution in [-0.2, 0) is 11.3 Å². The van der Waals surface area contributed by atoms with Gasteiger partial charge in [0.15, 0.2) is 0 Å². The maximum absolute atomic E-state index is 12.9. The molecule has 2 aromatic carbocycles. The highest BCUT2D eigenvalue weighted by Gasteiger charge is 2.55. The largest absolute Gasteiger partial charge is 0.362 e. The molecule has 3 saturated carbocycles. The maximum Gasteiger partial charge on any atom is 0.255 e. The van der Waals surface area contributed by atoms with Gasteiger partial charge in [-0.3, -0.25) is 9.59 Å². The minimum absolute atomic E-state index is 0.0160. The third-order valence-corrected chi connectivity index (χ3v) is 7.26. The predicted molar refractivity (Wildman–Crippen MR) is 112 cm³/mol. The number of amides is 2. The summed E-state index contributed by atoms with van der Waals surface area (Å²) in [7, 11) is 0. The van der Waals surface area contributed by atoms with Crippen LogP contribution in [0.5, 0.6) is 0 Å². The van der Waals surface area contributed by atoms with Gasteiger partial charge in [-0.1, -0.05) is 41.9 Å². The van der Waals surface area contributed by atoms with Crippen LogP contribution >= 0.6 is 11.6 Å². The second-order valence-corrected chi connectivity index (χ2v) is 8.89. The number of para-hydroxylation sites is 1. The summed E-state index contributed by atoms with van der Waals surface area (Å²) in [5.41, 5.74) is 2.07. The number of carbonyl (C=O) groups is 2. The van der Waals surface area contributed by atoms with Gasteiger partial charge in [0.05, 0.1) is 5.56 Å². The first kappa shape index (κ1) is 18.5. The van der Waals surface area contributed by atoms with Gasteiger partial charge in [-0.25, -0.2) is 0 Å². The van der Waals surface area contributed by atoms with E-state index >= 15 is 0 Å². The maximum atomic E-state index is 12.9. The number of hydrogen-bond donors (Lipinski definition) is 3. The van der Waals surface area contributed by atoms with Crippen molar-refractivity contribution >= 4 is 29.1 Å². The Labute approximate surface area is 175 Å². The van der Waals surface area contributed by atoms with Crippen LogP contribution < -0.4 is 16.0 Å². The molecule has 1 heterocycles. The average Bonchev–Trinajstić information content (AvgIpc) is 2.73. The molecule has 6 heteroatoms. The molecular formula is C23H24ClN3O2. The molecule has 0 aromatic heterocycles. The van der Waals surface area contributed by atoms with Gasteiger partial charge in [-0.15, -0.1) is 0 Å². The summed E-state index contributed by atoms with van der Waals surface area (Å²) < 4.78 is 0. The quantitative estimate of drug-likeness (QED) is 0.719. The topological polar surface area (TPSA) is 70.2 Å². The first-order valence-electron chi connectivity index (χ1n) is 10.3. The van der Waals surface area contributed by atoms with Gasteiger partial charge in [0.2, 0.25) is 5.91 Å². The Balaban J connectivity index is 1.30. The molecule has 0 saturated heterocycles. The molecular weight excluding hydrogens is 386 g/mol. The van der Waals surface area contributed by atoms with E-state index in [1.54, 1.807) is 0 Å². The lowest BCUT2D eigenvalue weighted by Crippen LogP contribution is -2.68. The second-order valence-electron chi connectivity index (χ2n) is 8.49. The molecule has 1 spiro atoms. The number of carbonyl (C=O) groups excluding carboxylic acids is 2. The van der Waals surface area contributed by atoms with Crippen LogP contribution in [0.3, 0.4) is 0 Å². The van der Waals surface area contributed by atoms with E-state index in [-0.39, 0.29) is 29.6 Å². The zero-order valence-electron chi connectivity index (χ0n) is 16.1. The van der Waals surface area contributed by atoms with E-state index in [4.69, 9.17) is 11.6 Å². The van der Waals surface area contributed by atoms with Gasteiger partial charge >= 0.3 is 0 Å². The molecule has 6 rings (SSSR count). The summed E-state index contributed by atoms with van der Waals surface area (Å²) in [5, 5.41) is 10.6. The highest BCUT2D eigenvalue weighted by molar-refractivity contribution is 6.31. The van der Waals surface area contributed by atoms with Crippen molar-refractivity contribution in [3.63, 3.8) is 0 Å². The lowest BCUT2D eigenvalue weighted by atomic mass is 9.58. The van der Waals surface area contributed by atoms with Gasteiger partial charge < -0.3 is 16.0 Å². The zero-order valence-corrected chi connectivity index (χ0v) is 16.8. The second kappa shape index (κ2) is 7.06. The average molecular weight is 410 g/mol. The van der Waals surface area contributed by atoms with E-state index in [1.807, 2.05) is 48.5 Å². The van der Waals surface area contributed by atoms with Crippen LogP contribution in [0.1, 0.15) is 41.6 Å². The van der Waals surface area contributed by atoms with Crippen molar-refractivity contribution in [2.75, 3.05) is 5.32 Å². The molecule has 0 radical (unpaired) electrons. The normalized spacial score (nSPS) is 29.7. The van der Waals surface area contributed by atoms with Crippen LogP contribution in [-0.4, -0.2) is 17.5 Å². The molecule has 3 N–H and O–H groups in total. The number of hydrogen-bond acceptors (Lipinski definition) is 3. The summed E-state index contributed by atoms with van der Waals surface area (Å²) in [5.74, 6) is 0.548. The van der Waals surface area contributed by atoms with Crippen molar-refractivity contribution in [2.24, 2.45) is 17.8 Å². The Bertz CT molecular complexity index is 978. The Morgan fingerprint density at radius 3 is 2.69 bits per heavy atom. The SMILES string of the molecule is O=C1N[C@@]2(C[C@H]3CC[C@H]2C[C@H]3C(=O)NCc2ccccc2Cl)Nc2ccccc21. The monoisotopic (exact) mass is 409 g/mol. The third-order valence-electron chi connectivity index (χ3n) is 6.89. The van der Waals surface area contributed by atoms with Crippen molar-refractivity contribution in [2.45, 2.75) is 37.9 Å². The number of anilines is 1. The minimum Gasteiger partial charge on any atom is -0.362 e. The van der Waals surface area contributed by atoms with Gasteiger partial charge in [0, 0.05) is 29.1 Å². The Morgan fingerprint density at radius 1 is 1.10 bits per heavy atom. The first-order chi connectivity index (χ1) is 14.1. The Morgan fingerprint density at radius 2 is 1.90 bits per heavy atom. The van der Waals surface area contributed by atoms with Crippen LogP contribution in [0.2, 0.25) is 5.02 Å². The van der Waals surface area contributed by atoms with Crippen molar-refractivity contribution < 1.29 is 9.59 Å². The molecule has 3 aliphatic carbocycles. The number of nitrogens with one attached hydrogen (secondary N) is 3. The van der Waals surface area contributed by atoms with Crippen LogP contribution in [0.15, 0.2) is 48.5 Å². The molecule has 150 valence electrons. The summed E-state index contributed by atoms with van der Waals surface area (Å²) in [6, 6.07) is 15.2. The summed E-state index contributed by atoms with van der Waals surface area (Å²) in [4.78, 5) is 25.6. The molecule has 0 unspecified atom stereocenters. The summed E-state index contributed by atoms with van der Waals surface area (Å²) >= 11 is 6.21. The minimum atomic E-state index is -0.437. The van der Waals surface area contributed by atoms with E-state index in [9.17, 15) is 9.59 Å². The predicted octanol–water partition coefficient (Wildman–Crippen LogP) is 3.94. The molecule has 29 heavy (non-hydrogen) atoms. The van der Waals surface area contributed by atoms with Crippen molar-refractivity contribution in [1.82, 2.24) is 10.6 Å². The standard InChI is InChI=1S/C23H24ClN3O2/c24-19-7-3-1-5-15(19)13-25-21(28)18-11-16-10-9-14(18)12-23(16)26-20-8-4-2-6-17(20)22(29)27-23/h1-8,14,16,18,26H,9-13H2,(H,25,28)(H,27,29)/t14-,16+,18-,23-/m1/s1. The highest BCUT2D eigenvalue weighted by Crippen LogP contribution is 2.51. The lowest BCUT2D eigenvalue weighted by molar-refractivity contribution is -0.132. The van der Waals surface area contributed by atoms with Gasteiger partial charge in [0.25, 0.3) is 5.91 Å². The number of benzene rings is 2. The van der Waals surface area contributed by atoms with E-state index in [2.05, 4.69) is 16.0 Å². The van der Waals surface area contributed by atoms with Crippen LogP contribution in [0.4, 0.5) is 5.69 Å². The molecule has 5 nitrogen and oxygen atoms in total. The van der Waals surface area contributed by atoms with Crippen LogP contribution in [0, 0.1) is 17.8 Å². The fraction of sp³-hybridized carbons (Fsp3) is 0.391. The first-order valence-corrected chi connectivity index (χ1v) is 10.6. The van der Waals surface area contributed by atoms with E-state index < -0.39 is 5.66 Å². The molecule has 2 amide bonds. The summed E-state index contributed by atoms with van der Waals surface area (Å²) in [6.07, 6.45) is 3.61. The number of rotatable bonds is 3. The van der Waals surface area contributed by atoms with Crippen molar-refractivity contribution in [3.8, 4) is 0 Å². The van der Waals surface area contributed by atoms with E-state index in [1.165, 1.54) is 0 Å². The fourth-order valence-corrected chi connectivity index (χ4v) is 5.62. The molecule has 2 aromatic rings. The highest BCUT2D eigenvalue weighted by atomic mass is 35.5. The molecule has 4 atom stereocenters. The van der Waals surface area contributed by atoms with Crippen LogP contribution in [0.25, 0.3) is 0 Å². The smallest absolute Gasteiger partial charge is 0.255 e. The van der Waals surface area contributed by atoms with Gasteiger partial charge in [0.1, 0.15) is 5.66 Å². The van der Waals surface area contributed by atoms with Crippen molar-refractivity contribution in [3.05, 3.63) is 64.7 Å². The Kier molecular flexibility index (Phi) is 4.50. The molecule has 2 bridgehead atoms. The molecule has 4 aliphatic rings. The molecule has 3 fully saturated rings. The lowest BCUT2D eigenvalue weighted by Gasteiger charge is -2.56. The third kappa shape index (κ3) is 3.18. The summed E-state index contributed by atoms with van der Waals surface area (Å²) in [6.45, 7) is 0.444. The Hall–Kier alpha value is -2.53. The van der Waals surface area contributed by atoms with E-state index in [0.717, 1.165) is 36.9 Å². The van der Waals surface area contributed by atoms with Gasteiger partial charge in [-0.05, 0) is 55.4 Å². The number of halogens is 1. The number of fused-ring (bicyclic) bond motifs is 3. The van der Waals surface area contributed by atoms with E-state index in [0.29, 0.717) is 17.1 Å². The van der Waals surface area contributed by atoms with Crippen molar-refractivity contribution in [1.29, 1.82) is 0 Å². The zero-order chi connectivity index (χ0) is 20.0. The fourth-order valence-electron chi connectivity index (χ4n) is 5.42.